The Morgan fingerprint density at radius 2 is 1.47 bits per heavy atom. The van der Waals surface area contributed by atoms with Crippen molar-refractivity contribution in [2.45, 2.75) is 36.2 Å². The molecule has 0 aliphatic rings. The van der Waals surface area contributed by atoms with Crippen molar-refractivity contribution in [3.63, 3.8) is 0 Å². The molecule has 0 fully saturated rings. The van der Waals surface area contributed by atoms with E-state index in [1.54, 1.807) is 13.8 Å². The van der Waals surface area contributed by atoms with Gasteiger partial charge in [0, 0.05) is 6.54 Å². The maximum atomic E-state index is 13.2. The molecule has 0 unspecified atom stereocenters. The summed E-state index contributed by atoms with van der Waals surface area (Å²) in [6, 6.07) is 6.69. The standard InChI is InChI=1S/C18H18Cl2F3NO4S2/c1-12(2)9-10-24(30(27,28)17-15(19)7-4-8-16(17)20)29(25,26)14-6-3-5-13(11-14)18(21,22)23/h3-8,11-12H,9-10H2,1-2H3. The van der Waals surface area contributed by atoms with E-state index in [4.69, 9.17) is 23.2 Å². The monoisotopic (exact) mass is 503 g/mol. The van der Waals surface area contributed by atoms with Gasteiger partial charge in [-0.1, -0.05) is 52.9 Å². The molecule has 0 aliphatic carbocycles. The zero-order chi connectivity index (χ0) is 22.9. The normalized spacial score (nSPS) is 13.2. The van der Waals surface area contributed by atoms with Crippen molar-refractivity contribution >= 4 is 43.2 Å². The molecule has 30 heavy (non-hydrogen) atoms. The van der Waals surface area contributed by atoms with Gasteiger partial charge in [0.25, 0.3) is 20.0 Å². The Labute approximate surface area is 183 Å². The highest BCUT2D eigenvalue weighted by Crippen LogP contribution is 2.36. The summed E-state index contributed by atoms with van der Waals surface area (Å²) in [6.45, 7) is 2.98. The van der Waals surface area contributed by atoms with Crippen molar-refractivity contribution in [1.82, 2.24) is 3.71 Å². The summed E-state index contributed by atoms with van der Waals surface area (Å²) in [7, 11) is -9.70. The predicted molar refractivity (Wildman–Crippen MR) is 108 cm³/mol. The molecule has 5 nitrogen and oxygen atoms in total. The second-order valence-electron chi connectivity index (χ2n) is 6.77. The van der Waals surface area contributed by atoms with Gasteiger partial charge in [0.05, 0.1) is 20.5 Å². The largest absolute Gasteiger partial charge is 0.416 e. The molecule has 0 N–H and O–H groups in total. The van der Waals surface area contributed by atoms with E-state index < -0.39 is 48.1 Å². The van der Waals surface area contributed by atoms with Gasteiger partial charge in [-0.3, -0.25) is 0 Å². The van der Waals surface area contributed by atoms with Crippen molar-refractivity contribution < 1.29 is 30.0 Å². The fourth-order valence-electron chi connectivity index (χ4n) is 2.51. The van der Waals surface area contributed by atoms with Gasteiger partial charge in [0.15, 0.2) is 0 Å². The predicted octanol–water partition coefficient (Wildman–Crippen LogP) is 5.44. The molecule has 0 saturated heterocycles. The third-order valence-corrected chi connectivity index (χ3v) is 9.34. The highest BCUT2D eigenvalue weighted by atomic mass is 35.5. The van der Waals surface area contributed by atoms with Gasteiger partial charge in [-0.15, -0.1) is 0 Å². The fraction of sp³-hybridized carbons (Fsp3) is 0.333. The Balaban J connectivity index is 2.70. The number of nitrogens with zero attached hydrogens (tertiary/aromatic N) is 1. The molecule has 0 heterocycles. The number of rotatable bonds is 7. The van der Waals surface area contributed by atoms with Gasteiger partial charge in [0.2, 0.25) is 0 Å². The third kappa shape index (κ3) is 5.28. The minimum Gasteiger partial charge on any atom is -0.206 e. The van der Waals surface area contributed by atoms with Gasteiger partial charge in [-0.25, -0.2) is 16.8 Å². The summed E-state index contributed by atoms with van der Waals surface area (Å²) in [5.41, 5.74) is -1.22. The number of alkyl halides is 3. The first-order valence-corrected chi connectivity index (χ1v) is 12.2. The van der Waals surface area contributed by atoms with E-state index >= 15 is 0 Å². The molecular weight excluding hydrogens is 486 g/mol. The van der Waals surface area contributed by atoms with Gasteiger partial charge in [-0.2, -0.15) is 13.2 Å². The van der Waals surface area contributed by atoms with Crippen LogP contribution in [0.4, 0.5) is 13.2 Å². The Morgan fingerprint density at radius 3 is 1.97 bits per heavy atom. The van der Waals surface area contributed by atoms with Crippen LogP contribution in [0.5, 0.6) is 0 Å². The lowest BCUT2D eigenvalue weighted by atomic mass is 10.1. The van der Waals surface area contributed by atoms with E-state index in [0.29, 0.717) is 12.1 Å². The molecule has 0 atom stereocenters. The van der Waals surface area contributed by atoms with Crippen molar-refractivity contribution in [2.24, 2.45) is 5.92 Å². The Hall–Kier alpha value is -1.33. The highest BCUT2D eigenvalue weighted by molar-refractivity contribution is 8.04. The second kappa shape index (κ2) is 9.04. The van der Waals surface area contributed by atoms with Gasteiger partial charge < -0.3 is 0 Å². The summed E-state index contributed by atoms with van der Waals surface area (Å²) in [5.74, 6) is -0.0962. The third-order valence-electron chi connectivity index (χ3n) is 4.06. The molecule has 0 spiro atoms. The summed E-state index contributed by atoms with van der Waals surface area (Å²) in [6.07, 6.45) is -4.68. The minimum atomic E-state index is -4.89. The SMILES string of the molecule is CC(C)CCN(S(=O)(=O)c1cccc(C(F)(F)F)c1)S(=O)(=O)c1c(Cl)cccc1Cl. The van der Waals surface area contributed by atoms with E-state index in [0.717, 1.165) is 12.1 Å². The summed E-state index contributed by atoms with van der Waals surface area (Å²) < 4.78 is 92.1. The number of benzene rings is 2. The first-order valence-electron chi connectivity index (χ1n) is 8.58. The van der Waals surface area contributed by atoms with Gasteiger partial charge in [0.1, 0.15) is 4.90 Å². The number of sulfonamides is 2. The Morgan fingerprint density at radius 1 is 0.933 bits per heavy atom. The summed E-state index contributed by atoms with van der Waals surface area (Å²) in [5, 5.41) is -0.618. The zero-order valence-electron chi connectivity index (χ0n) is 15.8. The Kier molecular flexibility index (Phi) is 7.51. The fourth-order valence-corrected chi connectivity index (χ4v) is 7.30. The van der Waals surface area contributed by atoms with Gasteiger partial charge >= 0.3 is 6.18 Å². The van der Waals surface area contributed by atoms with Crippen LogP contribution in [0, 0.1) is 5.92 Å². The molecule has 2 aromatic rings. The van der Waals surface area contributed by atoms with E-state index in [1.165, 1.54) is 18.2 Å². The van der Waals surface area contributed by atoms with Crippen LogP contribution in [-0.4, -0.2) is 27.1 Å². The molecule has 2 rings (SSSR count). The smallest absolute Gasteiger partial charge is 0.206 e. The van der Waals surface area contributed by atoms with Crippen LogP contribution in [0.25, 0.3) is 0 Å². The van der Waals surface area contributed by atoms with Crippen LogP contribution in [0.1, 0.15) is 25.8 Å². The summed E-state index contributed by atoms with van der Waals surface area (Å²) in [4.78, 5) is -1.44. The quantitative estimate of drug-likeness (QED) is 0.504. The molecular formula is C18H18Cl2F3NO4S2. The zero-order valence-corrected chi connectivity index (χ0v) is 19.0. The van der Waals surface area contributed by atoms with E-state index in [-0.39, 0.29) is 26.1 Å². The molecule has 166 valence electrons. The summed E-state index contributed by atoms with van der Waals surface area (Å²) >= 11 is 11.9. The average molecular weight is 504 g/mol. The number of halogens is 5. The van der Waals surface area contributed by atoms with Crippen LogP contribution < -0.4 is 0 Å². The lowest BCUT2D eigenvalue weighted by Crippen LogP contribution is -2.38. The molecule has 12 heteroatoms. The Bertz CT molecular complexity index is 1110. The molecule has 0 aromatic heterocycles. The van der Waals surface area contributed by atoms with Crippen molar-refractivity contribution in [1.29, 1.82) is 0 Å². The molecule has 0 amide bonds. The molecule has 0 aliphatic heterocycles. The number of hydrogen-bond donors (Lipinski definition) is 0. The number of hydrogen-bond acceptors (Lipinski definition) is 4. The lowest BCUT2D eigenvalue weighted by molar-refractivity contribution is -0.137. The topological polar surface area (TPSA) is 71.5 Å². The minimum absolute atomic E-state index is 0.0962. The van der Waals surface area contributed by atoms with E-state index in [2.05, 4.69) is 0 Å². The van der Waals surface area contributed by atoms with Crippen LogP contribution >= 0.6 is 23.2 Å². The highest BCUT2D eigenvalue weighted by Gasteiger charge is 2.40. The molecule has 0 bridgehead atoms. The van der Waals surface area contributed by atoms with Crippen LogP contribution in [-0.2, 0) is 26.2 Å². The average Bonchev–Trinajstić information content (AvgIpc) is 2.60. The molecule has 0 radical (unpaired) electrons. The van der Waals surface area contributed by atoms with E-state index in [9.17, 15) is 30.0 Å². The van der Waals surface area contributed by atoms with Crippen molar-refractivity contribution in [3.8, 4) is 0 Å². The van der Waals surface area contributed by atoms with E-state index in [1.807, 2.05) is 0 Å². The van der Waals surface area contributed by atoms with Crippen molar-refractivity contribution in [3.05, 3.63) is 58.1 Å². The maximum absolute atomic E-state index is 13.2. The van der Waals surface area contributed by atoms with Crippen LogP contribution in [0.2, 0.25) is 10.0 Å². The van der Waals surface area contributed by atoms with Crippen molar-refractivity contribution in [2.75, 3.05) is 6.54 Å². The first-order chi connectivity index (χ1) is 13.7. The first kappa shape index (κ1) is 24.9. The van der Waals surface area contributed by atoms with Gasteiger partial charge in [-0.05, 0) is 42.7 Å². The molecule has 0 saturated carbocycles. The molecule has 2 aromatic carbocycles. The lowest BCUT2D eigenvalue weighted by Gasteiger charge is -2.24. The van der Waals surface area contributed by atoms with Crippen LogP contribution in [0.15, 0.2) is 52.3 Å². The maximum Gasteiger partial charge on any atom is 0.416 e. The van der Waals surface area contributed by atoms with Crippen LogP contribution in [0.3, 0.4) is 0 Å². The second-order valence-corrected chi connectivity index (χ2v) is 11.5.